The minimum Gasteiger partial charge on any atom is -0.494 e. The Morgan fingerprint density at radius 1 is 1.16 bits per heavy atom. The van der Waals surface area contributed by atoms with E-state index in [1.807, 2.05) is 0 Å². The third kappa shape index (κ3) is 3.75. The molecule has 2 atom stereocenters. The van der Waals surface area contributed by atoms with E-state index in [4.69, 9.17) is 4.74 Å². The fourth-order valence-corrected chi connectivity index (χ4v) is 2.96. The number of nitrogens with one attached hydrogen (secondary N) is 2. The quantitative estimate of drug-likeness (QED) is 0.733. The Hall–Kier alpha value is -2.57. The maximum absolute atomic E-state index is 12.4. The summed E-state index contributed by atoms with van der Waals surface area (Å²) in [5, 5.41) is 14.7. The zero-order chi connectivity index (χ0) is 18.9. The maximum atomic E-state index is 12.4. The van der Waals surface area contributed by atoms with Crippen molar-refractivity contribution in [2.75, 3.05) is 17.7 Å². The van der Waals surface area contributed by atoms with Crippen molar-refractivity contribution in [3.63, 3.8) is 0 Å². The molecule has 2 unspecified atom stereocenters. The molecule has 0 spiro atoms. The monoisotopic (exact) mass is 348 g/mol. The fraction of sp³-hybridized carbons (Fsp3) is 0.500. The summed E-state index contributed by atoms with van der Waals surface area (Å²) in [7, 11) is 1.47. The van der Waals surface area contributed by atoms with Crippen LogP contribution in [0, 0.1) is 23.2 Å². The van der Waals surface area contributed by atoms with E-state index in [9.17, 15) is 19.5 Å². The molecule has 1 aromatic carbocycles. The second-order valence-corrected chi connectivity index (χ2v) is 7.16. The highest BCUT2D eigenvalue weighted by Gasteiger charge is 2.65. The third-order valence-electron chi connectivity index (χ3n) is 4.63. The molecule has 0 radical (unpaired) electrons. The lowest BCUT2D eigenvalue weighted by Crippen LogP contribution is -2.19. The number of hydrogen-bond acceptors (Lipinski definition) is 4. The van der Waals surface area contributed by atoms with Crippen LogP contribution in [0.25, 0.3) is 0 Å². The number of carboxylic acids is 1. The summed E-state index contributed by atoms with van der Waals surface area (Å²) in [4.78, 5) is 35.4. The smallest absolute Gasteiger partial charge is 0.307 e. The van der Waals surface area contributed by atoms with Gasteiger partial charge in [-0.15, -0.1) is 0 Å². The van der Waals surface area contributed by atoms with E-state index in [1.165, 1.54) is 7.11 Å². The van der Waals surface area contributed by atoms with Crippen LogP contribution in [0.3, 0.4) is 0 Å². The Bertz CT molecular complexity index is 711. The Morgan fingerprint density at radius 2 is 1.80 bits per heavy atom. The van der Waals surface area contributed by atoms with Gasteiger partial charge in [0, 0.05) is 17.7 Å². The van der Waals surface area contributed by atoms with Crippen molar-refractivity contribution in [1.29, 1.82) is 0 Å². The van der Waals surface area contributed by atoms with E-state index in [-0.39, 0.29) is 17.7 Å². The van der Waals surface area contributed by atoms with Crippen LogP contribution in [0.5, 0.6) is 5.75 Å². The number of hydrogen-bond donors (Lipinski definition) is 3. The molecule has 7 heteroatoms. The molecule has 1 fully saturated rings. The third-order valence-corrected chi connectivity index (χ3v) is 4.63. The van der Waals surface area contributed by atoms with Crippen molar-refractivity contribution >= 4 is 29.2 Å². The largest absolute Gasteiger partial charge is 0.494 e. The van der Waals surface area contributed by atoms with Gasteiger partial charge >= 0.3 is 5.97 Å². The SMILES string of the molecule is COc1cc(NC(=O)C2C(C(=O)O)C2(C)C)ccc1NC(=O)C(C)C. The van der Waals surface area contributed by atoms with Crippen LogP contribution in [0.1, 0.15) is 27.7 Å². The zero-order valence-corrected chi connectivity index (χ0v) is 15.0. The van der Waals surface area contributed by atoms with Crippen molar-refractivity contribution in [3.8, 4) is 5.75 Å². The number of rotatable bonds is 6. The molecule has 1 saturated carbocycles. The number of ether oxygens (including phenoxy) is 1. The van der Waals surface area contributed by atoms with Gasteiger partial charge < -0.3 is 20.5 Å². The molecule has 1 aliphatic rings. The molecule has 1 aliphatic carbocycles. The van der Waals surface area contributed by atoms with Crippen molar-refractivity contribution in [3.05, 3.63) is 18.2 Å². The molecule has 0 aliphatic heterocycles. The van der Waals surface area contributed by atoms with E-state index in [2.05, 4.69) is 10.6 Å². The highest BCUT2D eigenvalue weighted by Crippen LogP contribution is 2.58. The molecular weight excluding hydrogens is 324 g/mol. The van der Waals surface area contributed by atoms with Crippen molar-refractivity contribution in [2.45, 2.75) is 27.7 Å². The molecule has 3 N–H and O–H groups in total. The predicted octanol–water partition coefficient (Wildman–Crippen LogP) is 2.59. The molecule has 25 heavy (non-hydrogen) atoms. The Labute approximate surface area is 146 Å². The lowest BCUT2D eigenvalue weighted by molar-refractivity contribution is -0.140. The van der Waals surface area contributed by atoms with Gasteiger partial charge in [-0.3, -0.25) is 14.4 Å². The van der Waals surface area contributed by atoms with Gasteiger partial charge in [-0.1, -0.05) is 27.7 Å². The minimum atomic E-state index is -0.963. The van der Waals surface area contributed by atoms with Crippen LogP contribution in [-0.4, -0.2) is 30.0 Å². The number of carbonyl (C=O) groups is 3. The topological polar surface area (TPSA) is 105 Å². The van der Waals surface area contributed by atoms with Crippen LogP contribution >= 0.6 is 0 Å². The zero-order valence-electron chi connectivity index (χ0n) is 15.0. The van der Waals surface area contributed by atoms with Crippen LogP contribution in [0.2, 0.25) is 0 Å². The molecule has 136 valence electrons. The van der Waals surface area contributed by atoms with E-state index in [0.717, 1.165) is 0 Å². The van der Waals surface area contributed by atoms with E-state index in [0.29, 0.717) is 17.1 Å². The molecule has 0 saturated heterocycles. The van der Waals surface area contributed by atoms with Gasteiger partial charge in [-0.05, 0) is 17.5 Å². The summed E-state index contributed by atoms with van der Waals surface area (Å²) < 4.78 is 5.26. The first-order valence-corrected chi connectivity index (χ1v) is 8.12. The number of anilines is 2. The van der Waals surface area contributed by atoms with E-state index in [1.54, 1.807) is 45.9 Å². The van der Waals surface area contributed by atoms with E-state index < -0.39 is 23.2 Å². The van der Waals surface area contributed by atoms with Crippen molar-refractivity contribution in [1.82, 2.24) is 0 Å². The van der Waals surface area contributed by atoms with Gasteiger partial charge in [0.2, 0.25) is 11.8 Å². The Kier molecular flexibility index (Phi) is 5.06. The molecule has 2 amide bonds. The Morgan fingerprint density at radius 3 is 2.28 bits per heavy atom. The Balaban J connectivity index is 2.12. The number of carbonyl (C=O) groups excluding carboxylic acids is 2. The normalized spacial score (nSPS) is 20.7. The number of benzene rings is 1. The molecule has 7 nitrogen and oxygen atoms in total. The van der Waals surface area contributed by atoms with Crippen LogP contribution in [0.4, 0.5) is 11.4 Å². The first kappa shape index (κ1) is 18.8. The fourth-order valence-electron chi connectivity index (χ4n) is 2.96. The number of amides is 2. The molecule has 0 bridgehead atoms. The second kappa shape index (κ2) is 6.74. The lowest BCUT2D eigenvalue weighted by Gasteiger charge is -2.14. The first-order chi connectivity index (χ1) is 11.6. The average Bonchev–Trinajstić information content (AvgIpc) is 3.11. The van der Waals surface area contributed by atoms with Gasteiger partial charge in [0.1, 0.15) is 5.75 Å². The molecular formula is C18H24N2O5. The first-order valence-electron chi connectivity index (χ1n) is 8.12. The van der Waals surface area contributed by atoms with Crippen LogP contribution in [0.15, 0.2) is 18.2 Å². The van der Waals surface area contributed by atoms with E-state index >= 15 is 0 Å². The highest BCUT2D eigenvalue weighted by atomic mass is 16.5. The summed E-state index contributed by atoms with van der Waals surface area (Å²) >= 11 is 0. The highest BCUT2D eigenvalue weighted by molar-refractivity contribution is 6.00. The van der Waals surface area contributed by atoms with Gasteiger partial charge in [0.25, 0.3) is 0 Å². The summed E-state index contributed by atoms with van der Waals surface area (Å²) in [6.07, 6.45) is 0. The summed E-state index contributed by atoms with van der Waals surface area (Å²) in [6, 6.07) is 4.88. The lowest BCUT2D eigenvalue weighted by atomic mass is 10.1. The van der Waals surface area contributed by atoms with Crippen LogP contribution < -0.4 is 15.4 Å². The van der Waals surface area contributed by atoms with Crippen molar-refractivity contribution in [2.24, 2.45) is 23.2 Å². The number of aliphatic carboxylic acids is 1. The summed E-state index contributed by atoms with van der Waals surface area (Å²) in [5.74, 6) is -2.45. The molecule has 0 aromatic heterocycles. The number of carboxylic acid groups (broad SMARTS) is 1. The van der Waals surface area contributed by atoms with Gasteiger partial charge in [-0.25, -0.2) is 0 Å². The second-order valence-electron chi connectivity index (χ2n) is 7.16. The van der Waals surface area contributed by atoms with Gasteiger partial charge in [-0.2, -0.15) is 0 Å². The molecule has 2 rings (SSSR count). The number of methoxy groups -OCH3 is 1. The van der Waals surface area contributed by atoms with Gasteiger partial charge in [0.05, 0.1) is 24.6 Å². The van der Waals surface area contributed by atoms with Gasteiger partial charge in [0.15, 0.2) is 0 Å². The summed E-state index contributed by atoms with van der Waals surface area (Å²) in [5.41, 5.74) is 0.427. The molecule has 1 aromatic rings. The maximum Gasteiger partial charge on any atom is 0.307 e. The predicted molar refractivity (Wildman–Crippen MR) is 93.5 cm³/mol. The van der Waals surface area contributed by atoms with Crippen molar-refractivity contribution < 1.29 is 24.2 Å². The average molecular weight is 348 g/mol. The molecule has 0 heterocycles. The summed E-state index contributed by atoms with van der Waals surface area (Å²) in [6.45, 7) is 7.10. The van der Waals surface area contributed by atoms with Crippen LogP contribution in [-0.2, 0) is 14.4 Å². The minimum absolute atomic E-state index is 0.140. The standard InChI is InChI=1S/C18H24N2O5/c1-9(2)15(21)20-11-7-6-10(8-12(11)25-5)19-16(22)13-14(17(23)24)18(13,3)4/h6-9,13-14H,1-5H3,(H,19,22)(H,20,21)(H,23,24).